The summed E-state index contributed by atoms with van der Waals surface area (Å²) in [4.78, 5) is 15.7. The first kappa shape index (κ1) is 29.4. The highest BCUT2D eigenvalue weighted by atomic mass is 15.2. The topological polar surface area (TPSA) is 52.9 Å². The molecule has 11 aromatic rings. The normalized spacial score (nSPS) is 11.8. The van der Waals surface area contributed by atoms with Gasteiger partial charge in [0.05, 0.1) is 39.0 Å². The van der Waals surface area contributed by atoms with Crippen LogP contribution in [0.1, 0.15) is 0 Å². The zero-order chi connectivity index (χ0) is 34.9. The van der Waals surface area contributed by atoms with Gasteiger partial charge in [0.1, 0.15) is 0 Å². The predicted molar refractivity (Wildman–Crippen MR) is 216 cm³/mol. The number of imidazole rings is 2. The van der Waals surface area contributed by atoms with E-state index in [1.807, 2.05) is 24.3 Å². The van der Waals surface area contributed by atoms with Crippen molar-refractivity contribution < 1.29 is 0 Å². The number of hydrogen-bond acceptors (Lipinski definition) is 3. The fraction of sp³-hybridized carbons (Fsp3) is 0. The second-order valence-corrected chi connectivity index (χ2v) is 13.4. The van der Waals surface area contributed by atoms with Crippen molar-refractivity contribution in [2.75, 3.05) is 0 Å². The van der Waals surface area contributed by atoms with E-state index in [9.17, 15) is 0 Å². The highest BCUT2D eigenvalue weighted by Gasteiger charge is 2.20. The van der Waals surface area contributed by atoms with Crippen molar-refractivity contribution in [3.63, 3.8) is 0 Å². The van der Waals surface area contributed by atoms with Crippen molar-refractivity contribution >= 4 is 49.5 Å². The molecule has 0 spiro atoms. The lowest BCUT2D eigenvalue weighted by atomic mass is 10.1. The minimum atomic E-state index is 0.645. The van der Waals surface area contributed by atoms with Crippen molar-refractivity contribution in [2.24, 2.45) is 0 Å². The van der Waals surface area contributed by atoms with Crippen LogP contribution in [0, 0.1) is 0 Å². The first-order chi connectivity index (χ1) is 26.3. The summed E-state index contributed by atoms with van der Waals surface area (Å²) in [7, 11) is 0. The summed E-state index contributed by atoms with van der Waals surface area (Å²) in [5.74, 6) is 1.51. The summed E-state index contributed by atoms with van der Waals surface area (Å²) in [6.45, 7) is 0. The molecule has 0 aliphatic heterocycles. The molecule has 0 bridgehead atoms. The van der Waals surface area contributed by atoms with E-state index >= 15 is 0 Å². The Balaban J connectivity index is 1.12. The molecular formula is C47H30N6. The van der Waals surface area contributed by atoms with Gasteiger partial charge in [0.2, 0.25) is 11.7 Å². The van der Waals surface area contributed by atoms with Crippen LogP contribution in [0.4, 0.5) is 0 Å². The van der Waals surface area contributed by atoms with Crippen LogP contribution >= 0.6 is 0 Å². The van der Waals surface area contributed by atoms with Gasteiger partial charge in [-0.05, 0) is 59.7 Å². The molecule has 0 aliphatic carbocycles. The van der Waals surface area contributed by atoms with Crippen LogP contribution in [-0.2, 0) is 0 Å². The number of aromatic nitrogens is 6. The molecule has 4 aromatic heterocycles. The molecule has 0 radical (unpaired) electrons. The highest BCUT2D eigenvalue weighted by Crippen LogP contribution is 2.37. The molecule has 0 N–H and O–H groups in total. The maximum Gasteiger partial charge on any atom is 0.235 e. The fourth-order valence-corrected chi connectivity index (χ4v) is 7.83. The summed E-state index contributed by atoms with van der Waals surface area (Å²) >= 11 is 0. The van der Waals surface area contributed by atoms with Crippen LogP contribution in [0.25, 0.3) is 94.8 Å². The Morgan fingerprint density at radius 3 is 1.83 bits per heavy atom. The summed E-state index contributed by atoms with van der Waals surface area (Å²) < 4.78 is 6.67. The molecule has 0 unspecified atom stereocenters. The second kappa shape index (κ2) is 11.6. The van der Waals surface area contributed by atoms with E-state index in [0.29, 0.717) is 5.95 Å². The molecular weight excluding hydrogens is 649 g/mol. The number of fused-ring (bicyclic) bond motifs is 7. The van der Waals surface area contributed by atoms with Crippen molar-refractivity contribution in [2.45, 2.75) is 0 Å². The quantitative estimate of drug-likeness (QED) is 0.182. The van der Waals surface area contributed by atoms with E-state index in [-0.39, 0.29) is 0 Å². The number of hydrogen-bond donors (Lipinski definition) is 0. The van der Waals surface area contributed by atoms with Gasteiger partial charge < -0.3 is 0 Å². The van der Waals surface area contributed by atoms with Gasteiger partial charge in [-0.25, -0.2) is 15.0 Å². The Kier molecular flexibility index (Phi) is 6.45. The predicted octanol–water partition coefficient (Wildman–Crippen LogP) is 11.3. The molecule has 6 nitrogen and oxygen atoms in total. The summed E-state index contributed by atoms with van der Waals surface area (Å²) in [6.07, 6.45) is 2.17. The Morgan fingerprint density at radius 2 is 1.02 bits per heavy atom. The minimum absolute atomic E-state index is 0.645. The zero-order valence-corrected chi connectivity index (χ0v) is 28.5. The Hall–Kier alpha value is -7.31. The number of nitrogens with zero attached hydrogens (tertiary/aromatic N) is 6. The van der Waals surface area contributed by atoms with Crippen molar-refractivity contribution in [1.82, 2.24) is 28.5 Å². The van der Waals surface area contributed by atoms with Gasteiger partial charge >= 0.3 is 0 Å². The third kappa shape index (κ3) is 4.63. The maximum atomic E-state index is 5.32. The third-order valence-corrected chi connectivity index (χ3v) is 10.3. The van der Waals surface area contributed by atoms with Crippen LogP contribution in [-0.4, -0.2) is 28.5 Å². The van der Waals surface area contributed by atoms with Crippen molar-refractivity contribution in [3.8, 4) is 45.3 Å². The Bertz CT molecular complexity index is 3160. The van der Waals surface area contributed by atoms with Gasteiger partial charge in [-0.1, -0.05) is 127 Å². The van der Waals surface area contributed by atoms with Crippen LogP contribution in [0.2, 0.25) is 0 Å². The maximum absolute atomic E-state index is 5.32. The largest absolute Gasteiger partial charge is 0.283 e. The van der Waals surface area contributed by atoms with Crippen LogP contribution in [0.5, 0.6) is 0 Å². The molecule has 7 aromatic carbocycles. The molecule has 0 amide bonds. The van der Waals surface area contributed by atoms with Crippen LogP contribution in [0.15, 0.2) is 182 Å². The van der Waals surface area contributed by atoms with E-state index in [2.05, 4.69) is 171 Å². The molecule has 6 heteroatoms. The highest BCUT2D eigenvalue weighted by molar-refractivity contribution is 6.10. The smallest absolute Gasteiger partial charge is 0.235 e. The van der Waals surface area contributed by atoms with E-state index in [4.69, 9.17) is 15.0 Å². The molecule has 53 heavy (non-hydrogen) atoms. The first-order valence-corrected chi connectivity index (χ1v) is 17.8. The van der Waals surface area contributed by atoms with Gasteiger partial charge in [0.15, 0.2) is 0 Å². The Labute approximate surface area is 304 Å². The van der Waals surface area contributed by atoms with Gasteiger partial charge in [-0.15, -0.1) is 0 Å². The van der Waals surface area contributed by atoms with Crippen LogP contribution in [0.3, 0.4) is 0 Å². The van der Waals surface area contributed by atoms with Crippen molar-refractivity contribution in [3.05, 3.63) is 182 Å². The van der Waals surface area contributed by atoms with E-state index < -0.39 is 0 Å². The molecule has 4 heterocycles. The van der Waals surface area contributed by atoms with Gasteiger partial charge in [0, 0.05) is 39.2 Å². The molecule has 248 valence electrons. The summed E-state index contributed by atoms with van der Waals surface area (Å²) in [5.41, 5.74) is 12.6. The van der Waals surface area contributed by atoms with Gasteiger partial charge in [-0.2, -0.15) is 0 Å². The molecule has 0 atom stereocenters. The monoisotopic (exact) mass is 678 g/mol. The molecule has 0 fully saturated rings. The first-order valence-electron chi connectivity index (χ1n) is 17.8. The van der Waals surface area contributed by atoms with Crippen molar-refractivity contribution in [1.29, 1.82) is 0 Å². The molecule has 0 aliphatic rings. The second-order valence-electron chi connectivity index (χ2n) is 13.4. The van der Waals surface area contributed by atoms with E-state index in [1.165, 1.54) is 11.1 Å². The SMILES string of the molecule is c1ccc(-c2ccc3c(c2)n2cc(-c4ccc5c(c4)c4ccccc4n5-c4nc(-c5ccccc5)c5ccccc5n4)nc2n3-c2ccccc2)cc1. The molecule has 0 saturated carbocycles. The Morgan fingerprint density at radius 1 is 0.377 bits per heavy atom. The molecule has 11 rings (SSSR count). The average molecular weight is 679 g/mol. The summed E-state index contributed by atoms with van der Waals surface area (Å²) in [5, 5.41) is 3.29. The lowest BCUT2D eigenvalue weighted by Gasteiger charge is -2.11. The van der Waals surface area contributed by atoms with E-state index in [0.717, 1.165) is 77.7 Å². The number of benzene rings is 7. The minimum Gasteiger partial charge on any atom is -0.283 e. The number of rotatable bonds is 5. The average Bonchev–Trinajstić information content (AvgIpc) is 3.90. The van der Waals surface area contributed by atoms with Crippen LogP contribution < -0.4 is 0 Å². The lowest BCUT2D eigenvalue weighted by molar-refractivity contribution is 1.01. The summed E-state index contributed by atoms with van der Waals surface area (Å²) in [6, 6.07) is 61.4. The standard InChI is InChI=1S/C47H30N6/c1-4-14-31(15-5-1)33-24-27-43-44(29-33)51-30-40(49-47(51)52(43)35-18-8-3-9-19-35)34-25-26-42-38(28-34)36-20-11-13-23-41(36)53(42)46-48-39-22-12-10-21-37(39)45(50-46)32-16-6-2-7-17-32/h1-30H. The fourth-order valence-electron chi connectivity index (χ4n) is 7.83. The van der Waals surface area contributed by atoms with Gasteiger partial charge in [-0.3, -0.25) is 13.5 Å². The van der Waals surface area contributed by atoms with Gasteiger partial charge in [0.25, 0.3) is 0 Å². The zero-order valence-electron chi connectivity index (χ0n) is 28.5. The third-order valence-electron chi connectivity index (χ3n) is 10.3. The molecule has 0 saturated heterocycles. The van der Waals surface area contributed by atoms with E-state index in [1.54, 1.807) is 0 Å². The lowest BCUT2D eigenvalue weighted by Crippen LogP contribution is -2.03. The number of para-hydroxylation sites is 3.